The first-order valence-corrected chi connectivity index (χ1v) is 3.90. The van der Waals surface area contributed by atoms with E-state index < -0.39 is 6.10 Å². The van der Waals surface area contributed by atoms with Gasteiger partial charge in [-0.1, -0.05) is 0 Å². The standard InChI is InChI=1S/C9H8O4/c10-5-2-8(12)7-1-6(11)4-13-9(7)3-5/h2-4,6,11H,1H2,(H-,10,12)/p+1. The molecule has 1 atom stereocenters. The second kappa shape index (κ2) is 2.74. The Balaban J connectivity index is 2.56. The molecule has 1 aliphatic rings. The fourth-order valence-corrected chi connectivity index (χ4v) is 1.34. The molecule has 68 valence electrons. The van der Waals surface area contributed by atoms with Gasteiger partial charge in [-0.25, -0.2) is 4.42 Å². The summed E-state index contributed by atoms with van der Waals surface area (Å²) in [7, 11) is 0. The Kier molecular flexibility index (Phi) is 1.70. The van der Waals surface area contributed by atoms with E-state index in [1.54, 1.807) is 0 Å². The minimum Gasteiger partial charge on any atom is -0.507 e. The number of phenols is 2. The molecule has 1 unspecified atom stereocenters. The zero-order valence-corrected chi connectivity index (χ0v) is 6.77. The molecule has 4 heteroatoms. The lowest BCUT2D eigenvalue weighted by Gasteiger charge is -2.07. The molecule has 1 aliphatic heterocycles. The summed E-state index contributed by atoms with van der Waals surface area (Å²) in [6, 6.07) is 2.62. The molecule has 1 aromatic carbocycles. The van der Waals surface area contributed by atoms with Crippen LogP contribution in [0.1, 0.15) is 5.56 Å². The summed E-state index contributed by atoms with van der Waals surface area (Å²) in [5, 5.41) is 27.7. The monoisotopic (exact) mass is 181 g/mol. The fourth-order valence-electron chi connectivity index (χ4n) is 1.34. The maximum atomic E-state index is 9.39. The highest BCUT2D eigenvalue weighted by atomic mass is 16.4. The number of aromatic hydroxyl groups is 2. The number of fused-ring (bicyclic) bond motifs is 1. The van der Waals surface area contributed by atoms with Crippen LogP contribution in [-0.2, 0) is 10.8 Å². The van der Waals surface area contributed by atoms with Crippen LogP contribution in [0.25, 0.3) is 0 Å². The van der Waals surface area contributed by atoms with Gasteiger partial charge in [-0.3, -0.25) is 0 Å². The van der Waals surface area contributed by atoms with Crippen molar-refractivity contribution in [3.8, 4) is 17.2 Å². The first-order valence-electron chi connectivity index (χ1n) is 3.90. The Morgan fingerprint density at radius 3 is 2.85 bits per heavy atom. The van der Waals surface area contributed by atoms with Gasteiger partial charge >= 0.3 is 12.0 Å². The molecule has 4 nitrogen and oxygen atoms in total. The molecule has 0 amide bonds. The van der Waals surface area contributed by atoms with E-state index in [0.29, 0.717) is 17.7 Å². The van der Waals surface area contributed by atoms with Crippen LogP contribution in [-0.4, -0.2) is 27.7 Å². The summed E-state index contributed by atoms with van der Waals surface area (Å²) in [4.78, 5) is 0. The summed E-state index contributed by atoms with van der Waals surface area (Å²) in [6.45, 7) is 0. The Morgan fingerprint density at radius 2 is 2.08 bits per heavy atom. The lowest BCUT2D eigenvalue weighted by atomic mass is 10.0. The van der Waals surface area contributed by atoms with Crippen LogP contribution < -0.4 is 0 Å². The van der Waals surface area contributed by atoms with Crippen molar-refractivity contribution >= 4 is 6.29 Å². The number of aliphatic hydroxyl groups is 1. The SMILES string of the molecule is Oc1cc(O)c2c(c1)[O+]=CC(O)C2. The number of carbonyl (C=O) groups excluding carboxylic acids is 1. The molecule has 1 aromatic rings. The van der Waals surface area contributed by atoms with Crippen LogP contribution in [0.3, 0.4) is 0 Å². The number of phenolic OH excluding ortho intramolecular Hbond substituents is 2. The van der Waals surface area contributed by atoms with Gasteiger partial charge in [-0.2, -0.15) is 0 Å². The van der Waals surface area contributed by atoms with Crippen LogP contribution in [0, 0.1) is 0 Å². The molecule has 0 saturated carbocycles. The van der Waals surface area contributed by atoms with E-state index in [-0.39, 0.29) is 11.5 Å². The topological polar surface area (TPSA) is 72.0 Å². The predicted octanol–water partition coefficient (Wildman–Crippen LogP) is 0.463. The first-order chi connectivity index (χ1) is 6.16. The molecule has 0 bridgehead atoms. The summed E-state index contributed by atoms with van der Waals surface area (Å²) < 4.78 is 5.00. The van der Waals surface area contributed by atoms with Crippen molar-refractivity contribution in [2.24, 2.45) is 0 Å². The van der Waals surface area contributed by atoms with Crippen molar-refractivity contribution in [3.05, 3.63) is 17.7 Å². The van der Waals surface area contributed by atoms with Crippen molar-refractivity contribution in [1.29, 1.82) is 0 Å². The van der Waals surface area contributed by atoms with E-state index in [2.05, 4.69) is 0 Å². The Labute approximate surface area is 74.4 Å². The summed E-state index contributed by atoms with van der Waals surface area (Å²) >= 11 is 0. The quantitative estimate of drug-likeness (QED) is 0.402. The van der Waals surface area contributed by atoms with Gasteiger partial charge in [0.1, 0.15) is 17.1 Å². The maximum Gasteiger partial charge on any atom is 0.362 e. The lowest BCUT2D eigenvalue weighted by Crippen LogP contribution is -2.16. The summed E-state index contributed by atoms with van der Waals surface area (Å²) in [5.74, 6) is 0.283. The first kappa shape index (κ1) is 8.07. The van der Waals surface area contributed by atoms with E-state index >= 15 is 0 Å². The van der Waals surface area contributed by atoms with Crippen LogP contribution in [0.4, 0.5) is 0 Å². The second-order valence-corrected chi connectivity index (χ2v) is 2.97. The van der Waals surface area contributed by atoms with Gasteiger partial charge in [-0.05, 0) is 0 Å². The third-order valence-electron chi connectivity index (χ3n) is 1.94. The zero-order chi connectivity index (χ0) is 9.42. The molecule has 3 N–H and O–H groups in total. The molecule has 13 heavy (non-hydrogen) atoms. The van der Waals surface area contributed by atoms with Gasteiger partial charge in [0.15, 0.2) is 6.10 Å². The molecule has 0 aromatic heterocycles. The molecular formula is C9H9O4+. The van der Waals surface area contributed by atoms with Crippen molar-refractivity contribution in [1.82, 2.24) is 0 Å². The Hall–Kier alpha value is -1.55. The van der Waals surface area contributed by atoms with Crippen LogP contribution >= 0.6 is 0 Å². The number of rotatable bonds is 0. The molecule has 0 saturated heterocycles. The van der Waals surface area contributed by atoms with Crippen molar-refractivity contribution in [2.45, 2.75) is 12.5 Å². The van der Waals surface area contributed by atoms with Crippen molar-refractivity contribution in [2.75, 3.05) is 0 Å². The Bertz CT molecular complexity index is 370. The molecule has 1 heterocycles. The number of benzene rings is 1. The van der Waals surface area contributed by atoms with Crippen molar-refractivity contribution < 1.29 is 19.7 Å². The van der Waals surface area contributed by atoms with Crippen molar-refractivity contribution in [3.63, 3.8) is 0 Å². The molecular weight excluding hydrogens is 172 g/mol. The zero-order valence-electron chi connectivity index (χ0n) is 6.77. The van der Waals surface area contributed by atoms with E-state index in [4.69, 9.17) is 9.53 Å². The van der Waals surface area contributed by atoms with E-state index in [9.17, 15) is 10.2 Å². The molecule has 0 spiro atoms. The smallest absolute Gasteiger partial charge is 0.362 e. The normalized spacial score (nSPS) is 19.9. The third kappa shape index (κ3) is 1.36. The Morgan fingerprint density at radius 1 is 1.31 bits per heavy atom. The molecule has 2 rings (SSSR count). The molecule has 0 fully saturated rings. The van der Waals surface area contributed by atoms with Crippen LogP contribution in [0.5, 0.6) is 17.2 Å². The van der Waals surface area contributed by atoms with Crippen LogP contribution in [0.15, 0.2) is 12.1 Å². The minimum absolute atomic E-state index is 0.0536. The van der Waals surface area contributed by atoms with Crippen LogP contribution in [0.2, 0.25) is 0 Å². The fraction of sp³-hybridized carbons (Fsp3) is 0.222. The van der Waals surface area contributed by atoms with Gasteiger partial charge in [0.2, 0.25) is 0 Å². The van der Waals surface area contributed by atoms with Gasteiger partial charge in [0.05, 0.1) is 6.07 Å². The highest BCUT2D eigenvalue weighted by molar-refractivity contribution is 5.63. The molecule has 0 radical (unpaired) electrons. The second-order valence-electron chi connectivity index (χ2n) is 2.97. The third-order valence-corrected chi connectivity index (χ3v) is 1.94. The summed E-state index contributed by atoms with van der Waals surface area (Å²) in [6.07, 6.45) is 0.866. The average Bonchev–Trinajstić information content (AvgIpc) is 2.06. The van der Waals surface area contributed by atoms with Gasteiger partial charge in [-0.15, -0.1) is 0 Å². The van der Waals surface area contributed by atoms with E-state index in [1.165, 1.54) is 18.4 Å². The number of hydrogen-bond donors (Lipinski definition) is 3. The number of aliphatic hydroxyl groups excluding tert-OH is 1. The summed E-state index contributed by atoms with van der Waals surface area (Å²) in [5.41, 5.74) is 0.521. The number of hydrogen-bond acceptors (Lipinski definition) is 3. The van der Waals surface area contributed by atoms with E-state index in [0.717, 1.165) is 0 Å². The maximum absolute atomic E-state index is 9.39. The molecule has 0 aliphatic carbocycles. The van der Waals surface area contributed by atoms with Gasteiger partial charge in [0.25, 0.3) is 0 Å². The highest BCUT2D eigenvalue weighted by Crippen LogP contribution is 2.35. The van der Waals surface area contributed by atoms with Gasteiger partial charge in [0, 0.05) is 12.5 Å². The minimum atomic E-state index is -0.706. The number of aldehydes is 1. The van der Waals surface area contributed by atoms with E-state index in [1.807, 2.05) is 0 Å². The lowest BCUT2D eigenvalue weighted by molar-refractivity contribution is -0.368. The highest BCUT2D eigenvalue weighted by Gasteiger charge is 2.26. The predicted molar refractivity (Wildman–Crippen MR) is 45.0 cm³/mol. The van der Waals surface area contributed by atoms with Gasteiger partial charge < -0.3 is 15.3 Å². The average molecular weight is 181 g/mol. The largest absolute Gasteiger partial charge is 0.507 e.